The third-order valence-corrected chi connectivity index (χ3v) is 5.29. The van der Waals surface area contributed by atoms with Crippen molar-refractivity contribution in [1.29, 1.82) is 0 Å². The maximum atomic E-state index is 13.0. The molecule has 0 aliphatic carbocycles. The maximum absolute atomic E-state index is 13.0. The van der Waals surface area contributed by atoms with Gasteiger partial charge in [-0.15, -0.1) is 6.58 Å². The lowest BCUT2D eigenvalue weighted by Crippen LogP contribution is -2.31. The fourth-order valence-electron chi connectivity index (χ4n) is 2.30. The lowest BCUT2D eigenvalue weighted by molar-refractivity contribution is -0.137. The number of hydrogen-bond acceptors (Lipinski definition) is 3. The highest BCUT2D eigenvalue weighted by Gasteiger charge is 2.32. The van der Waals surface area contributed by atoms with Crippen LogP contribution in [-0.4, -0.2) is 21.6 Å². The van der Waals surface area contributed by atoms with Gasteiger partial charge in [-0.1, -0.05) is 12.1 Å². The van der Waals surface area contributed by atoms with Gasteiger partial charge in [0.25, 0.3) is 10.0 Å². The zero-order chi connectivity index (χ0) is 19.4. The average Bonchev–Trinajstić information content (AvgIpc) is 2.59. The molecule has 0 atom stereocenters. The molecule has 0 bridgehead atoms. The van der Waals surface area contributed by atoms with Crippen molar-refractivity contribution in [2.24, 2.45) is 0 Å². The SMILES string of the molecule is C=CCN(c1cccc(C(F)(F)F)c1)S(=O)(=O)c1ccc(OCC)cc1. The van der Waals surface area contributed by atoms with E-state index >= 15 is 0 Å². The Morgan fingerprint density at radius 3 is 2.35 bits per heavy atom. The summed E-state index contributed by atoms with van der Waals surface area (Å²) >= 11 is 0. The minimum Gasteiger partial charge on any atom is -0.494 e. The largest absolute Gasteiger partial charge is 0.494 e. The van der Waals surface area contributed by atoms with Crippen molar-refractivity contribution in [3.63, 3.8) is 0 Å². The topological polar surface area (TPSA) is 46.6 Å². The summed E-state index contributed by atoms with van der Waals surface area (Å²) < 4.78 is 70.8. The highest BCUT2D eigenvalue weighted by atomic mass is 32.2. The fourth-order valence-corrected chi connectivity index (χ4v) is 3.73. The monoisotopic (exact) mass is 385 g/mol. The molecular formula is C18H18F3NO3S. The molecule has 0 heterocycles. The molecule has 2 aromatic carbocycles. The van der Waals surface area contributed by atoms with Gasteiger partial charge in [0.15, 0.2) is 0 Å². The summed E-state index contributed by atoms with van der Waals surface area (Å²) in [5, 5.41) is 0. The Kier molecular flexibility index (Phi) is 5.97. The lowest BCUT2D eigenvalue weighted by atomic mass is 10.2. The second kappa shape index (κ2) is 7.82. The first kappa shape index (κ1) is 19.8. The summed E-state index contributed by atoms with van der Waals surface area (Å²) in [6.45, 7) is 5.55. The molecule has 0 radical (unpaired) electrons. The Morgan fingerprint density at radius 2 is 1.81 bits per heavy atom. The van der Waals surface area contributed by atoms with Crippen LogP contribution in [0.3, 0.4) is 0 Å². The molecule has 0 unspecified atom stereocenters. The summed E-state index contributed by atoms with van der Waals surface area (Å²) in [5.41, 5.74) is -1.01. The number of nitrogens with zero attached hydrogens (tertiary/aromatic N) is 1. The van der Waals surface area contributed by atoms with E-state index in [2.05, 4.69) is 6.58 Å². The Hall–Kier alpha value is -2.48. The molecule has 0 aromatic heterocycles. The van der Waals surface area contributed by atoms with Crippen LogP contribution in [0.1, 0.15) is 12.5 Å². The molecule has 140 valence electrons. The number of sulfonamides is 1. The van der Waals surface area contributed by atoms with Gasteiger partial charge in [-0.2, -0.15) is 13.2 Å². The van der Waals surface area contributed by atoms with Crippen molar-refractivity contribution < 1.29 is 26.3 Å². The van der Waals surface area contributed by atoms with E-state index in [1.165, 1.54) is 42.5 Å². The van der Waals surface area contributed by atoms with E-state index < -0.39 is 21.8 Å². The van der Waals surface area contributed by atoms with Crippen molar-refractivity contribution in [3.05, 3.63) is 66.7 Å². The third-order valence-electron chi connectivity index (χ3n) is 3.48. The van der Waals surface area contributed by atoms with Crippen molar-refractivity contribution in [2.75, 3.05) is 17.5 Å². The van der Waals surface area contributed by atoms with Gasteiger partial charge >= 0.3 is 6.18 Å². The molecular weight excluding hydrogens is 367 g/mol. The average molecular weight is 385 g/mol. The molecule has 0 saturated heterocycles. The van der Waals surface area contributed by atoms with E-state index in [4.69, 9.17) is 4.74 Å². The van der Waals surface area contributed by atoms with Gasteiger partial charge in [0.2, 0.25) is 0 Å². The molecule has 0 saturated carbocycles. The third kappa shape index (κ3) is 4.37. The normalized spacial score (nSPS) is 11.8. The van der Waals surface area contributed by atoms with Crippen molar-refractivity contribution >= 4 is 15.7 Å². The zero-order valence-electron chi connectivity index (χ0n) is 14.0. The van der Waals surface area contributed by atoms with Crippen molar-refractivity contribution in [3.8, 4) is 5.75 Å². The first-order chi connectivity index (χ1) is 12.2. The van der Waals surface area contributed by atoms with Crippen molar-refractivity contribution in [1.82, 2.24) is 0 Å². The van der Waals surface area contributed by atoms with Gasteiger partial charge in [-0.25, -0.2) is 8.42 Å². The van der Waals surface area contributed by atoms with E-state index in [-0.39, 0.29) is 17.1 Å². The number of ether oxygens (including phenoxy) is 1. The number of anilines is 1. The number of benzene rings is 2. The lowest BCUT2D eigenvalue weighted by Gasteiger charge is -2.24. The minimum absolute atomic E-state index is 0.0554. The van der Waals surface area contributed by atoms with Crippen LogP contribution < -0.4 is 9.04 Å². The Bertz CT molecular complexity index is 862. The molecule has 0 fully saturated rings. The van der Waals surface area contributed by atoms with Crippen LogP contribution in [0.15, 0.2) is 66.1 Å². The van der Waals surface area contributed by atoms with Gasteiger partial charge in [0.05, 0.1) is 29.3 Å². The van der Waals surface area contributed by atoms with Gasteiger partial charge in [0.1, 0.15) is 5.75 Å². The molecule has 0 spiro atoms. The fraction of sp³-hybridized carbons (Fsp3) is 0.222. The van der Waals surface area contributed by atoms with Crippen LogP contribution in [-0.2, 0) is 16.2 Å². The van der Waals surface area contributed by atoms with Crippen LogP contribution in [0.2, 0.25) is 0 Å². The maximum Gasteiger partial charge on any atom is 0.416 e. The molecule has 0 N–H and O–H groups in total. The quantitative estimate of drug-likeness (QED) is 0.660. The summed E-state index contributed by atoms with van der Waals surface area (Å²) in [6, 6.07) is 9.86. The zero-order valence-corrected chi connectivity index (χ0v) is 14.8. The Labute approximate surface area is 150 Å². The van der Waals surface area contributed by atoms with Gasteiger partial charge < -0.3 is 4.74 Å². The van der Waals surface area contributed by atoms with Gasteiger partial charge in [0, 0.05) is 0 Å². The smallest absolute Gasteiger partial charge is 0.416 e. The number of rotatable bonds is 7. The number of alkyl halides is 3. The molecule has 0 aliphatic heterocycles. The molecule has 4 nitrogen and oxygen atoms in total. The molecule has 0 aliphatic rings. The van der Waals surface area contributed by atoms with Crippen LogP contribution in [0.5, 0.6) is 5.75 Å². The van der Waals surface area contributed by atoms with E-state index in [1.807, 2.05) is 0 Å². The first-order valence-electron chi connectivity index (χ1n) is 7.74. The Morgan fingerprint density at radius 1 is 1.15 bits per heavy atom. The van der Waals surface area contributed by atoms with Gasteiger partial charge in [-0.05, 0) is 49.4 Å². The summed E-state index contributed by atoms with van der Waals surface area (Å²) in [5.74, 6) is 0.501. The predicted molar refractivity (Wildman–Crippen MR) is 93.8 cm³/mol. The summed E-state index contributed by atoms with van der Waals surface area (Å²) in [7, 11) is -4.07. The summed E-state index contributed by atoms with van der Waals surface area (Å²) in [4.78, 5) is -0.0554. The van der Waals surface area contributed by atoms with Crippen LogP contribution in [0, 0.1) is 0 Å². The van der Waals surface area contributed by atoms with Crippen molar-refractivity contribution in [2.45, 2.75) is 18.0 Å². The van der Waals surface area contributed by atoms with E-state index in [9.17, 15) is 21.6 Å². The second-order valence-electron chi connectivity index (χ2n) is 5.28. The standard InChI is InChI=1S/C18H18F3NO3S/c1-3-12-22(15-7-5-6-14(13-15)18(19,20)21)26(23,24)17-10-8-16(9-11-17)25-4-2/h3,5-11,13H,1,4,12H2,2H3. The molecule has 2 aromatic rings. The van der Waals surface area contributed by atoms with E-state index in [0.717, 1.165) is 16.4 Å². The van der Waals surface area contributed by atoms with E-state index in [1.54, 1.807) is 6.92 Å². The van der Waals surface area contributed by atoms with Gasteiger partial charge in [-0.3, -0.25) is 4.31 Å². The van der Waals surface area contributed by atoms with Crippen LogP contribution in [0.25, 0.3) is 0 Å². The molecule has 0 amide bonds. The highest BCUT2D eigenvalue weighted by molar-refractivity contribution is 7.92. The van der Waals surface area contributed by atoms with Crippen LogP contribution >= 0.6 is 0 Å². The number of hydrogen-bond donors (Lipinski definition) is 0. The highest BCUT2D eigenvalue weighted by Crippen LogP contribution is 2.33. The first-order valence-corrected chi connectivity index (χ1v) is 9.18. The molecule has 2 rings (SSSR count). The molecule has 26 heavy (non-hydrogen) atoms. The number of halogens is 3. The minimum atomic E-state index is -4.57. The molecule has 8 heteroatoms. The second-order valence-corrected chi connectivity index (χ2v) is 7.14. The predicted octanol–water partition coefficient (Wildman–Crippen LogP) is 4.49. The summed E-state index contributed by atoms with van der Waals surface area (Å²) in [6.07, 6.45) is -3.26. The van der Waals surface area contributed by atoms with E-state index in [0.29, 0.717) is 12.4 Å². The Balaban J connectivity index is 2.47. The van der Waals surface area contributed by atoms with Crippen LogP contribution in [0.4, 0.5) is 18.9 Å².